The second-order valence-corrected chi connectivity index (χ2v) is 3.93. The summed E-state index contributed by atoms with van der Waals surface area (Å²) in [5.74, 6) is 0. The van der Waals surface area contributed by atoms with Crippen molar-refractivity contribution in [2.24, 2.45) is 5.73 Å². The fraction of sp³-hybridized carbons (Fsp3) is 0.750. The van der Waals surface area contributed by atoms with Gasteiger partial charge in [0.1, 0.15) is 0 Å². The summed E-state index contributed by atoms with van der Waals surface area (Å²) < 4.78 is 3.01. The lowest BCUT2D eigenvalue weighted by Gasteiger charge is -2.18. The van der Waals surface area contributed by atoms with Gasteiger partial charge in [-0.1, -0.05) is 0 Å². The van der Waals surface area contributed by atoms with Gasteiger partial charge < -0.3 is 5.73 Å². The summed E-state index contributed by atoms with van der Waals surface area (Å²) in [4.78, 5) is 10.1. The minimum atomic E-state index is -0.506. The van der Waals surface area contributed by atoms with Crippen LogP contribution in [0.25, 0.3) is 0 Å². The van der Waals surface area contributed by atoms with Gasteiger partial charge in [0, 0.05) is 0 Å². The average Bonchev–Trinajstić information content (AvgIpc) is 1.59. The zero-order valence-electron chi connectivity index (χ0n) is 5.84. The summed E-state index contributed by atoms with van der Waals surface area (Å²) in [6.45, 7) is 0. The highest BCUT2D eigenvalue weighted by molar-refractivity contribution is 7.92. The maximum absolute atomic E-state index is 10.1. The van der Waals surface area contributed by atoms with E-state index in [1.54, 1.807) is 0 Å². The van der Waals surface area contributed by atoms with Crippen molar-refractivity contribution in [2.75, 3.05) is 21.1 Å². The Labute approximate surface area is 59.2 Å². The number of carbonyl (C=O) groups excluding carboxylic acids is 1. The Balaban J connectivity index is 3.39. The molecule has 0 aromatic carbocycles. The fourth-order valence-corrected chi connectivity index (χ4v) is 0.546. The first-order valence-corrected chi connectivity index (χ1v) is 3.24. The molecule has 0 aliphatic heterocycles. The predicted molar refractivity (Wildman–Crippen MR) is 38.3 cm³/mol. The van der Waals surface area contributed by atoms with Gasteiger partial charge in [-0.25, -0.2) is 13.4 Å². The molecule has 0 heterocycles. The first-order valence-electron chi connectivity index (χ1n) is 2.47. The number of amides is 2. The van der Waals surface area contributed by atoms with E-state index in [9.17, 15) is 4.79 Å². The van der Waals surface area contributed by atoms with Gasteiger partial charge in [-0.3, -0.25) is 0 Å². The molecule has 0 bridgehead atoms. The monoisotopic (exact) mass is 150 g/mol. The Kier molecular flexibility index (Phi) is 2.80. The van der Waals surface area contributed by atoms with Crippen molar-refractivity contribution in [1.29, 1.82) is 0 Å². The Bertz CT molecular complexity index is 109. The lowest BCUT2D eigenvalue weighted by Crippen LogP contribution is -2.34. The molecule has 4 nitrogen and oxygen atoms in total. The number of hydrogen-bond donors (Lipinski definition) is 2. The van der Waals surface area contributed by atoms with Crippen LogP contribution < -0.4 is 10.5 Å². The lowest BCUT2D eigenvalue weighted by molar-refractivity contribution is -0.727. The molecule has 0 aliphatic carbocycles. The number of carbonyl (C=O) groups is 1. The summed E-state index contributed by atoms with van der Waals surface area (Å²) in [6.07, 6.45) is 0. The number of nitrogens with two attached hydrogens (primary N) is 1. The van der Waals surface area contributed by atoms with Crippen molar-refractivity contribution < 1.29 is 8.68 Å². The van der Waals surface area contributed by atoms with Gasteiger partial charge in [-0.2, -0.15) is 0 Å². The van der Waals surface area contributed by atoms with Crippen LogP contribution in [0.2, 0.25) is 0 Å². The largest absolute Gasteiger partial charge is 0.351 e. The van der Waals surface area contributed by atoms with Crippen LogP contribution >= 0.6 is 12.1 Å². The van der Waals surface area contributed by atoms with Crippen LogP contribution in [0.5, 0.6) is 0 Å². The Morgan fingerprint density at radius 3 is 2.11 bits per heavy atom. The lowest BCUT2D eigenvalue weighted by atomic mass is 11.0. The molecule has 0 spiro atoms. The highest BCUT2D eigenvalue weighted by Gasteiger charge is 2.09. The quantitative estimate of drug-likeness (QED) is 0.427. The fourth-order valence-electron chi connectivity index (χ4n) is 0.182. The first kappa shape index (κ1) is 8.58. The number of urea groups is 1. The predicted octanol–water partition coefficient (Wildman–Crippen LogP) is -0.0759. The molecule has 0 aliphatic rings. The van der Waals surface area contributed by atoms with Crippen molar-refractivity contribution in [2.45, 2.75) is 0 Å². The van der Waals surface area contributed by atoms with Crippen molar-refractivity contribution in [3.8, 4) is 0 Å². The molecule has 0 saturated carbocycles. The maximum atomic E-state index is 10.1. The van der Waals surface area contributed by atoms with Crippen LogP contribution in [0.15, 0.2) is 0 Å². The zero-order chi connectivity index (χ0) is 7.49. The maximum Gasteiger partial charge on any atom is 0.326 e. The van der Waals surface area contributed by atoms with Crippen LogP contribution in [0, 0.1) is 0 Å². The van der Waals surface area contributed by atoms with E-state index in [0.717, 1.165) is 0 Å². The van der Waals surface area contributed by atoms with Crippen LogP contribution in [0.1, 0.15) is 0 Å². The van der Waals surface area contributed by atoms with E-state index >= 15 is 0 Å². The Hall–Kier alpha value is -0.420. The Morgan fingerprint density at radius 2 is 2.00 bits per heavy atom. The van der Waals surface area contributed by atoms with Crippen LogP contribution in [-0.2, 0) is 0 Å². The van der Waals surface area contributed by atoms with E-state index in [2.05, 4.69) is 4.72 Å². The van der Waals surface area contributed by atoms with E-state index in [1.165, 1.54) is 12.1 Å². The first-order chi connectivity index (χ1) is 3.92. The molecule has 0 aromatic rings. The van der Waals surface area contributed by atoms with E-state index in [4.69, 9.17) is 5.73 Å². The summed E-state index contributed by atoms with van der Waals surface area (Å²) in [5.41, 5.74) is 4.82. The van der Waals surface area contributed by atoms with Gasteiger partial charge in [0.25, 0.3) is 0 Å². The molecular weight excluding hydrogens is 138 g/mol. The van der Waals surface area contributed by atoms with Gasteiger partial charge in [-0.15, -0.1) is 0 Å². The number of nitrogens with one attached hydrogen (secondary N) is 1. The minimum absolute atomic E-state index is 0.506. The van der Waals surface area contributed by atoms with Crippen molar-refractivity contribution >= 4 is 18.2 Å². The van der Waals surface area contributed by atoms with Crippen LogP contribution in [0.4, 0.5) is 4.79 Å². The van der Waals surface area contributed by atoms with Gasteiger partial charge in [0.2, 0.25) is 12.1 Å². The third-order valence-corrected chi connectivity index (χ3v) is 1.26. The summed E-state index contributed by atoms with van der Waals surface area (Å²) in [7, 11) is 5.79. The number of nitrogens with zero attached hydrogens (tertiary/aromatic N) is 1. The van der Waals surface area contributed by atoms with E-state index in [1.807, 2.05) is 21.1 Å². The molecule has 0 fully saturated rings. The smallest absolute Gasteiger partial charge is 0.326 e. The molecular formula is C4H12N3OS+. The number of rotatable bonds is 2. The third-order valence-electron chi connectivity index (χ3n) is 0.420. The summed E-state index contributed by atoms with van der Waals surface area (Å²) >= 11 is 1.25. The standard InChI is InChI=1S/C4H11N3OS/c1-7(2,3)9-6-4(5)8/h1-3H3,(H2-,5,6,8)/p+1. The molecule has 0 aromatic heterocycles. The van der Waals surface area contributed by atoms with Gasteiger partial charge in [0.15, 0.2) is 0 Å². The topological polar surface area (TPSA) is 55.1 Å². The van der Waals surface area contributed by atoms with E-state index < -0.39 is 6.03 Å². The van der Waals surface area contributed by atoms with Crippen LogP contribution in [0.3, 0.4) is 0 Å². The van der Waals surface area contributed by atoms with Gasteiger partial charge in [0.05, 0.1) is 21.1 Å². The van der Waals surface area contributed by atoms with Gasteiger partial charge in [-0.05, 0) is 0 Å². The van der Waals surface area contributed by atoms with E-state index in [-0.39, 0.29) is 0 Å². The SMILES string of the molecule is C[N+](C)(C)SNC(N)=O. The highest BCUT2D eigenvalue weighted by atomic mass is 32.2. The Morgan fingerprint density at radius 1 is 1.56 bits per heavy atom. The molecule has 2 amide bonds. The normalized spacial score (nSPS) is 11.0. The minimum Gasteiger partial charge on any atom is -0.351 e. The molecule has 5 heteroatoms. The van der Waals surface area contributed by atoms with Crippen molar-refractivity contribution in [3.05, 3.63) is 0 Å². The molecule has 9 heavy (non-hydrogen) atoms. The summed E-state index contributed by atoms with van der Waals surface area (Å²) in [6, 6.07) is -0.506. The second-order valence-electron chi connectivity index (χ2n) is 2.45. The number of quaternary nitrogens is 1. The zero-order valence-corrected chi connectivity index (χ0v) is 6.66. The van der Waals surface area contributed by atoms with Crippen molar-refractivity contribution in [1.82, 2.24) is 4.72 Å². The third kappa shape index (κ3) is 7.58. The second kappa shape index (κ2) is 2.93. The molecule has 0 radical (unpaired) electrons. The average molecular weight is 150 g/mol. The van der Waals surface area contributed by atoms with Crippen LogP contribution in [-0.4, -0.2) is 31.1 Å². The number of primary amides is 1. The molecule has 54 valence electrons. The molecule has 0 rings (SSSR count). The molecule has 0 saturated heterocycles. The van der Waals surface area contributed by atoms with E-state index in [0.29, 0.717) is 3.89 Å². The van der Waals surface area contributed by atoms with Crippen molar-refractivity contribution in [3.63, 3.8) is 0 Å². The molecule has 3 N–H and O–H groups in total. The molecule has 0 unspecified atom stereocenters. The van der Waals surface area contributed by atoms with Gasteiger partial charge >= 0.3 is 6.03 Å². The highest BCUT2D eigenvalue weighted by Crippen LogP contribution is 2.06. The number of hydrogen-bond acceptors (Lipinski definition) is 2. The molecule has 0 atom stereocenters. The summed E-state index contributed by atoms with van der Waals surface area (Å²) in [5, 5.41) is 0.